The zero-order valence-corrected chi connectivity index (χ0v) is 11.9. The van der Waals surface area contributed by atoms with Crippen molar-refractivity contribution in [2.24, 2.45) is 11.3 Å². The fourth-order valence-corrected chi connectivity index (χ4v) is 2.80. The molecule has 100 valence electrons. The van der Waals surface area contributed by atoms with Gasteiger partial charge in [-0.05, 0) is 37.6 Å². The molecule has 0 aliphatic carbocycles. The molecule has 0 aromatic carbocycles. The van der Waals surface area contributed by atoms with Gasteiger partial charge in [0.2, 0.25) is 0 Å². The number of carboxylic acids is 1. The number of carbonyl (C=O) groups is 1. The summed E-state index contributed by atoms with van der Waals surface area (Å²) in [6.07, 6.45) is 2.95. The fraction of sp³-hybridized carbons (Fsp3) is 0.929. The van der Waals surface area contributed by atoms with E-state index in [1.807, 2.05) is 0 Å². The molecule has 17 heavy (non-hydrogen) atoms. The average molecular weight is 241 g/mol. The van der Waals surface area contributed by atoms with Gasteiger partial charge in [0.1, 0.15) is 6.04 Å². The largest absolute Gasteiger partial charge is 0.480 e. The first kappa shape index (κ1) is 14.5. The Morgan fingerprint density at radius 2 is 2.06 bits per heavy atom. The van der Waals surface area contributed by atoms with E-state index in [0.717, 1.165) is 25.8 Å². The van der Waals surface area contributed by atoms with Gasteiger partial charge >= 0.3 is 5.97 Å². The zero-order valence-electron chi connectivity index (χ0n) is 11.9. The minimum Gasteiger partial charge on any atom is -0.480 e. The van der Waals surface area contributed by atoms with Crippen LogP contribution in [0.25, 0.3) is 0 Å². The topological polar surface area (TPSA) is 40.5 Å². The van der Waals surface area contributed by atoms with Gasteiger partial charge in [-0.3, -0.25) is 9.69 Å². The fourth-order valence-electron chi connectivity index (χ4n) is 2.80. The number of nitrogens with zero attached hydrogens (tertiary/aromatic N) is 1. The van der Waals surface area contributed by atoms with Crippen LogP contribution in [-0.4, -0.2) is 34.6 Å². The van der Waals surface area contributed by atoms with Crippen molar-refractivity contribution in [2.75, 3.05) is 6.54 Å². The predicted octanol–water partition coefficient (Wildman–Crippen LogP) is 3.00. The van der Waals surface area contributed by atoms with E-state index in [2.05, 4.69) is 39.5 Å². The van der Waals surface area contributed by atoms with E-state index in [-0.39, 0.29) is 11.5 Å². The SMILES string of the molecule is CCC(C)(C)C(C)C(C)N1CCC[C@H]1C(=O)O. The lowest BCUT2D eigenvalue weighted by Gasteiger charge is -2.40. The van der Waals surface area contributed by atoms with Gasteiger partial charge in [0.15, 0.2) is 0 Å². The third-order valence-electron chi connectivity index (χ3n) is 4.97. The van der Waals surface area contributed by atoms with Gasteiger partial charge in [0.25, 0.3) is 0 Å². The molecular formula is C14H27NO2. The summed E-state index contributed by atoms with van der Waals surface area (Å²) in [5.74, 6) is -0.150. The molecule has 0 radical (unpaired) electrons. The molecule has 0 bridgehead atoms. The second-order valence-corrected chi connectivity index (χ2v) is 6.11. The van der Waals surface area contributed by atoms with Crippen molar-refractivity contribution < 1.29 is 9.90 Å². The van der Waals surface area contributed by atoms with Crippen molar-refractivity contribution in [1.29, 1.82) is 0 Å². The van der Waals surface area contributed by atoms with Crippen LogP contribution < -0.4 is 0 Å². The van der Waals surface area contributed by atoms with Crippen molar-refractivity contribution >= 4 is 5.97 Å². The van der Waals surface area contributed by atoms with Crippen molar-refractivity contribution in [3.05, 3.63) is 0 Å². The smallest absolute Gasteiger partial charge is 0.320 e. The number of likely N-dealkylation sites (tertiary alicyclic amines) is 1. The highest BCUT2D eigenvalue weighted by Gasteiger charge is 2.38. The zero-order chi connectivity index (χ0) is 13.2. The molecule has 0 spiro atoms. The first-order chi connectivity index (χ1) is 7.81. The third kappa shape index (κ3) is 3.01. The molecule has 1 heterocycles. The van der Waals surface area contributed by atoms with E-state index in [9.17, 15) is 9.90 Å². The molecule has 3 nitrogen and oxygen atoms in total. The monoisotopic (exact) mass is 241 g/mol. The van der Waals surface area contributed by atoms with Crippen LogP contribution in [0.1, 0.15) is 53.9 Å². The van der Waals surface area contributed by atoms with Crippen molar-refractivity contribution in [3.63, 3.8) is 0 Å². The Balaban J connectivity index is 2.75. The third-order valence-corrected chi connectivity index (χ3v) is 4.97. The molecule has 1 N–H and O–H groups in total. The second-order valence-electron chi connectivity index (χ2n) is 6.11. The summed E-state index contributed by atoms with van der Waals surface area (Å²) in [7, 11) is 0. The molecule has 3 atom stereocenters. The molecule has 1 saturated heterocycles. The van der Waals surface area contributed by atoms with Crippen LogP contribution in [-0.2, 0) is 4.79 Å². The van der Waals surface area contributed by atoms with Gasteiger partial charge in [0.05, 0.1) is 0 Å². The highest BCUT2D eigenvalue weighted by molar-refractivity contribution is 5.73. The number of hydrogen-bond acceptors (Lipinski definition) is 2. The Kier molecular flexibility index (Phi) is 4.59. The maximum Gasteiger partial charge on any atom is 0.320 e. The van der Waals surface area contributed by atoms with Gasteiger partial charge in [-0.25, -0.2) is 0 Å². The minimum atomic E-state index is -0.657. The number of carboxylic acid groups (broad SMARTS) is 1. The van der Waals surface area contributed by atoms with Gasteiger partial charge in [0, 0.05) is 6.04 Å². The van der Waals surface area contributed by atoms with Crippen LogP contribution in [0.5, 0.6) is 0 Å². The Hall–Kier alpha value is -0.570. The molecule has 1 rings (SSSR count). The molecule has 0 amide bonds. The maximum absolute atomic E-state index is 11.2. The van der Waals surface area contributed by atoms with Crippen molar-refractivity contribution in [3.8, 4) is 0 Å². The van der Waals surface area contributed by atoms with Gasteiger partial charge in [-0.1, -0.05) is 34.1 Å². The number of rotatable bonds is 5. The molecule has 2 unspecified atom stereocenters. The number of aliphatic carboxylic acids is 1. The second kappa shape index (κ2) is 5.38. The summed E-state index contributed by atoms with van der Waals surface area (Å²) < 4.78 is 0. The van der Waals surface area contributed by atoms with Crippen LogP contribution in [0.4, 0.5) is 0 Å². The Labute approximate surface area is 105 Å². The minimum absolute atomic E-state index is 0.264. The van der Waals surface area contributed by atoms with Gasteiger partial charge < -0.3 is 5.11 Å². The van der Waals surface area contributed by atoms with E-state index in [1.165, 1.54) is 0 Å². The van der Waals surface area contributed by atoms with Gasteiger partial charge in [-0.2, -0.15) is 0 Å². The molecule has 3 heteroatoms. The van der Waals surface area contributed by atoms with Crippen LogP contribution in [0, 0.1) is 11.3 Å². The van der Waals surface area contributed by atoms with E-state index in [1.54, 1.807) is 0 Å². The van der Waals surface area contributed by atoms with E-state index >= 15 is 0 Å². The summed E-state index contributed by atoms with van der Waals surface area (Å²) in [5.41, 5.74) is 0.269. The Morgan fingerprint density at radius 3 is 2.53 bits per heavy atom. The van der Waals surface area contributed by atoms with Crippen LogP contribution in [0.3, 0.4) is 0 Å². The van der Waals surface area contributed by atoms with Crippen molar-refractivity contribution in [2.45, 2.75) is 66.0 Å². The lowest BCUT2D eigenvalue weighted by Crippen LogP contribution is -2.47. The molecule has 0 aromatic heterocycles. The summed E-state index contributed by atoms with van der Waals surface area (Å²) in [6, 6.07) is 0.0775. The first-order valence-corrected chi connectivity index (χ1v) is 6.79. The normalized spacial score (nSPS) is 25.8. The summed E-state index contributed by atoms with van der Waals surface area (Å²) in [6.45, 7) is 12.1. The van der Waals surface area contributed by atoms with E-state index in [0.29, 0.717) is 12.0 Å². The quantitative estimate of drug-likeness (QED) is 0.804. The predicted molar refractivity (Wildman–Crippen MR) is 70.1 cm³/mol. The first-order valence-electron chi connectivity index (χ1n) is 6.79. The lowest BCUT2D eigenvalue weighted by atomic mass is 9.74. The number of hydrogen-bond donors (Lipinski definition) is 1. The van der Waals surface area contributed by atoms with Crippen LogP contribution in [0.2, 0.25) is 0 Å². The van der Waals surface area contributed by atoms with Gasteiger partial charge in [-0.15, -0.1) is 0 Å². The van der Waals surface area contributed by atoms with Crippen LogP contribution in [0.15, 0.2) is 0 Å². The molecule has 0 aromatic rings. The summed E-state index contributed by atoms with van der Waals surface area (Å²) in [5, 5.41) is 9.23. The highest BCUT2D eigenvalue weighted by Crippen LogP contribution is 2.36. The molecule has 1 fully saturated rings. The average Bonchev–Trinajstić information content (AvgIpc) is 2.75. The molecule has 0 saturated carbocycles. The molecule has 1 aliphatic heterocycles. The van der Waals surface area contributed by atoms with E-state index in [4.69, 9.17) is 0 Å². The van der Waals surface area contributed by atoms with Crippen molar-refractivity contribution in [1.82, 2.24) is 4.90 Å². The van der Waals surface area contributed by atoms with Crippen LogP contribution >= 0.6 is 0 Å². The Bertz CT molecular complexity index is 275. The highest BCUT2D eigenvalue weighted by atomic mass is 16.4. The summed E-state index contributed by atoms with van der Waals surface area (Å²) >= 11 is 0. The summed E-state index contributed by atoms with van der Waals surface area (Å²) in [4.78, 5) is 13.4. The molecule has 1 aliphatic rings. The molecular weight excluding hydrogens is 214 g/mol. The standard InChI is InChI=1S/C14H27NO2/c1-6-14(4,5)10(2)11(3)15-9-7-8-12(15)13(16)17/h10-12H,6-9H2,1-5H3,(H,16,17)/t10?,11?,12-/m0/s1. The lowest BCUT2D eigenvalue weighted by molar-refractivity contribution is -0.143. The maximum atomic E-state index is 11.2. The van der Waals surface area contributed by atoms with E-state index < -0.39 is 5.97 Å². The Morgan fingerprint density at radius 1 is 1.47 bits per heavy atom.